The van der Waals surface area contributed by atoms with E-state index in [9.17, 15) is 18.4 Å². The first kappa shape index (κ1) is 18.6. The van der Waals surface area contributed by atoms with Crippen molar-refractivity contribution in [2.24, 2.45) is 0 Å². The lowest BCUT2D eigenvalue weighted by Crippen LogP contribution is -2.48. The number of rotatable bonds is 3. The van der Waals surface area contributed by atoms with Gasteiger partial charge < -0.3 is 10.2 Å². The van der Waals surface area contributed by atoms with Crippen LogP contribution in [0.15, 0.2) is 24.3 Å². The molecule has 0 aliphatic carbocycles. The Morgan fingerprint density at radius 2 is 2.00 bits per heavy atom. The number of halogens is 3. The summed E-state index contributed by atoms with van der Waals surface area (Å²) in [7, 11) is 0. The minimum absolute atomic E-state index is 0. The highest BCUT2D eigenvalue weighted by Crippen LogP contribution is 2.26. The van der Waals surface area contributed by atoms with Crippen LogP contribution in [0.3, 0.4) is 0 Å². The number of nitrogens with one attached hydrogen (secondary N) is 2. The summed E-state index contributed by atoms with van der Waals surface area (Å²) >= 11 is 0. The molecule has 0 spiro atoms. The van der Waals surface area contributed by atoms with Gasteiger partial charge >= 0.3 is 0 Å². The average Bonchev–Trinajstić information content (AvgIpc) is 3.04. The van der Waals surface area contributed by atoms with Crippen molar-refractivity contribution in [3.05, 3.63) is 29.8 Å². The van der Waals surface area contributed by atoms with Crippen LogP contribution in [-0.2, 0) is 9.59 Å². The number of carbonyl (C=O) groups is 2. The van der Waals surface area contributed by atoms with Gasteiger partial charge in [0.25, 0.3) is 5.92 Å². The predicted molar refractivity (Wildman–Crippen MR) is 88.7 cm³/mol. The molecule has 2 N–H and O–H groups in total. The lowest BCUT2D eigenvalue weighted by molar-refractivity contribution is -0.127. The van der Waals surface area contributed by atoms with Gasteiger partial charge in [0, 0.05) is 18.7 Å². The summed E-state index contributed by atoms with van der Waals surface area (Å²) in [5, 5.41) is 5.09. The fourth-order valence-electron chi connectivity index (χ4n) is 2.97. The standard InChI is InChI=1S/C16H19F2N3O2.ClH/c1-10-2-4-11(5-3-10)21-7-6-12(15(21)23)20-14(22)13-8-16(17,18)9-19-13;/h2-5,12-13,19H,6-9H2,1H3,(H,20,22);1H. The normalized spacial score (nSPS) is 25.5. The van der Waals surface area contributed by atoms with Gasteiger partial charge in [0.05, 0.1) is 12.6 Å². The summed E-state index contributed by atoms with van der Waals surface area (Å²) in [6, 6.07) is 5.96. The third-order valence-corrected chi connectivity index (χ3v) is 4.29. The van der Waals surface area contributed by atoms with Crippen LogP contribution in [0.4, 0.5) is 14.5 Å². The second-order valence-electron chi connectivity index (χ2n) is 6.17. The summed E-state index contributed by atoms with van der Waals surface area (Å²) in [4.78, 5) is 26.1. The van der Waals surface area contributed by atoms with Gasteiger partial charge in [-0.2, -0.15) is 0 Å². The fraction of sp³-hybridized carbons (Fsp3) is 0.500. The van der Waals surface area contributed by atoms with E-state index in [1.807, 2.05) is 31.2 Å². The van der Waals surface area contributed by atoms with Gasteiger partial charge in [-0.25, -0.2) is 8.78 Å². The van der Waals surface area contributed by atoms with Crippen molar-refractivity contribution in [2.45, 2.75) is 37.8 Å². The monoisotopic (exact) mass is 359 g/mol. The summed E-state index contributed by atoms with van der Waals surface area (Å²) in [5.41, 5.74) is 1.88. The van der Waals surface area contributed by atoms with Crippen molar-refractivity contribution in [3.8, 4) is 0 Å². The molecule has 2 atom stereocenters. The second-order valence-corrected chi connectivity index (χ2v) is 6.17. The molecule has 2 saturated heterocycles. The molecule has 0 saturated carbocycles. The molecule has 5 nitrogen and oxygen atoms in total. The lowest BCUT2D eigenvalue weighted by atomic mass is 10.1. The number of hydrogen-bond donors (Lipinski definition) is 2. The smallest absolute Gasteiger partial charge is 0.262 e. The van der Waals surface area contributed by atoms with E-state index in [1.165, 1.54) is 0 Å². The molecule has 0 radical (unpaired) electrons. The van der Waals surface area contributed by atoms with Crippen LogP contribution >= 0.6 is 12.4 Å². The molecule has 1 aromatic rings. The van der Waals surface area contributed by atoms with Crippen molar-refractivity contribution < 1.29 is 18.4 Å². The summed E-state index contributed by atoms with van der Waals surface area (Å²) < 4.78 is 26.3. The van der Waals surface area contributed by atoms with Gasteiger partial charge in [0.2, 0.25) is 11.8 Å². The van der Waals surface area contributed by atoms with E-state index in [0.29, 0.717) is 13.0 Å². The molecule has 3 rings (SSSR count). The summed E-state index contributed by atoms with van der Waals surface area (Å²) in [6.45, 7) is 1.96. The van der Waals surface area contributed by atoms with Crippen LogP contribution in [-0.4, -0.2) is 42.9 Å². The molecule has 8 heteroatoms. The Morgan fingerprint density at radius 3 is 2.58 bits per heavy atom. The molecule has 132 valence electrons. The fourth-order valence-corrected chi connectivity index (χ4v) is 2.97. The zero-order chi connectivity index (χ0) is 16.6. The van der Waals surface area contributed by atoms with Crippen LogP contribution in [0.2, 0.25) is 0 Å². The molecule has 2 aliphatic rings. The zero-order valence-corrected chi connectivity index (χ0v) is 14.0. The number of aryl methyl sites for hydroxylation is 1. The molecule has 0 bridgehead atoms. The maximum atomic E-state index is 13.1. The van der Waals surface area contributed by atoms with E-state index in [1.54, 1.807) is 4.90 Å². The van der Waals surface area contributed by atoms with Gasteiger partial charge in [-0.1, -0.05) is 17.7 Å². The van der Waals surface area contributed by atoms with Crippen LogP contribution in [0.25, 0.3) is 0 Å². The SMILES string of the molecule is Cc1ccc(N2CCC(NC(=O)C3CC(F)(F)CN3)C2=O)cc1.Cl. The van der Waals surface area contributed by atoms with Crippen LogP contribution in [0.5, 0.6) is 0 Å². The molecule has 2 aliphatic heterocycles. The topological polar surface area (TPSA) is 61.4 Å². The van der Waals surface area contributed by atoms with E-state index in [0.717, 1.165) is 11.3 Å². The number of alkyl halides is 2. The van der Waals surface area contributed by atoms with Crippen LogP contribution in [0, 0.1) is 6.92 Å². The molecule has 0 aromatic heterocycles. The molecule has 2 unspecified atom stereocenters. The Bertz CT molecular complexity index is 624. The van der Waals surface area contributed by atoms with Crippen LogP contribution in [0.1, 0.15) is 18.4 Å². The predicted octanol–water partition coefficient (Wildman–Crippen LogP) is 1.64. The summed E-state index contributed by atoms with van der Waals surface area (Å²) in [6.07, 6.45) is -0.0526. The zero-order valence-electron chi connectivity index (χ0n) is 13.2. The number of anilines is 1. The molecule has 2 heterocycles. The number of carbonyl (C=O) groups excluding carboxylic acids is 2. The first-order valence-corrected chi connectivity index (χ1v) is 7.65. The van der Waals surface area contributed by atoms with Gasteiger partial charge in [-0.3, -0.25) is 14.9 Å². The Labute approximate surface area is 145 Å². The third kappa shape index (κ3) is 3.84. The van der Waals surface area contributed by atoms with Gasteiger partial charge in [0.15, 0.2) is 0 Å². The van der Waals surface area contributed by atoms with Gasteiger partial charge in [-0.15, -0.1) is 12.4 Å². The largest absolute Gasteiger partial charge is 0.343 e. The van der Waals surface area contributed by atoms with Gasteiger partial charge in [-0.05, 0) is 25.5 Å². The second kappa shape index (κ2) is 7.03. The van der Waals surface area contributed by atoms with Crippen LogP contribution < -0.4 is 15.5 Å². The minimum atomic E-state index is -2.87. The van der Waals surface area contributed by atoms with E-state index < -0.39 is 36.9 Å². The Hall–Kier alpha value is -1.73. The van der Waals surface area contributed by atoms with Crippen molar-refractivity contribution in [1.82, 2.24) is 10.6 Å². The third-order valence-electron chi connectivity index (χ3n) is 4.29. The minimum Gasteiger partial charge on any atom is -0.343 e. The molecular formula is C16H20ClF2N3O2. The molecule has 1 aromatic carbocycles. The Balaban J connectivity index is 0.00000208. The molecule has 2 amide bonds. The van der Waals surface area contributed by atoms with Crippen molar-refractivity contribution >= 4 is 29.9 Å². The maximum Gasteiger partial charge on any atom is 0.262 e. The van der Waals surface area contributed by atoms with Crippen molar-refractivity contribution in [1.29, 1.82) is 0 Å². The van der Waals surface area contributed by atoms with Gasteiger partial charge in [0.1, 0.15) is 6.04 Å². The number of nitrogens with zero attached hydrogens (tertiary/aromatic N) is 1. The number of amides is 2. The lowest BCUT2D eigenvalue weighted by Gasteiger charge is -2.18. The number of hydrogen-bond acceptors (Lipinski definition) is 3. The quantitative estimate of drug-likeness (QED) is 0.862. The highest BCUT2D eigenvalue weighted by molar-refractivity contribution is 6.01. The molecular weight excluding hydrogens is 340 g/mol. The van der Waals surface area contributed by atoms with E-state index >= 15 is 0 Å². The highest BCUT2D eigenvalue weighted by Gasteiger charge is 2.43. The maximum absolute atomic E-state index is 13.1. The highest BCUT2D eigenvalue weighted by atomic mass is 35.5. The van der Waals surface area contributed by atoms with Crippen molar-refractivity contribution in [2.75, 3.05) is 18.0 Å². The van der Waals surface area contributed by atoms with Crippen molar-refractivity contribution in [3.63, 3.8) is 0 Å². The Kier molecular flexibility index (Phi) is 5.45. The van der Waals surface area contributed by atoms with E-state index in [-0.39, 0.29) is 18.3 Å². The molecule has 2 fully saturated rings. The van der Waals surface area contributed by atoms with E-state index in [2.05, 4.69) is 10.6 Å². The number of benzene rings is 1. The molecule has 24 heavy (non-hydrogen) atoms. The first-order valence-electron chi connectivity index (χ1n) is 7.65. The average molecular weight is 360 g/mol. The Morgan fingerprint density at radius 1 is 1.33 bits per heavy atom. The van der Waals surface area contributed by atoms with E-state index in [4.69, 9.17) is 0 Å². The summed E-state index contributed by atoms with van der Waals surface area (Å²) in [5.74, 6) is -3.60. The first-order chi connectivity index (χ1) is 10.9.